The van der Waals surface area contributed by atoms with E-state index in [1.54, 1.807) is 0 Å². The summed E-state index contributed by atoms with van der Waals surface area (Å²) in [5.74, 6) is 1.71. The molecule has 5 atom stereocenters. The number of benzene rings is 1. The van der Waals surface area contributed by atoms with Crippen molar-refractivity contribution in [2.45, 2.75) is 71.4 Å². The average Bonchev–Trinajstić information content (AvgIpc) is 3.13. The van der Waals surface area contributed by atoms with Crippen molar-refractivity contribution in [1.29, 1.82) is 0 Å². The second kappa shape index (κ2) is 7.05. The van der Waals surface area contributed by atoms with Crippen molar-refractivity contribution < 1.29 is 9.47 Å². The Balaban J connectivity index is 1.75. The first-order valence-corrected chi connectivity index (χ1v) is 10.9. The van der Waals surface area contributed by atoms with Crippen LogP contribution < -0.4 is 5.73 Å². The van der Waals surface area contributed by atoms with E-state index in [0.29, 0.717) is 36.5 Å². The maximum absolute atomic E-state index is 6.10. The lowest BCUT2D eigenvalue weighted by molar-refractivity contribution is -0.0779. The molecule has 1 aromatic carbocycles. The monoisotopic (exact) mass is 384 g/mol. The second-order valence-corrected chi connectivity index (χ2v) is 10.0. The molecule has 3 aliphatic rings. The molecule has 0 bridgehead atoms. The van der Waals surface area contributed by atoms with Crippen LogP contribution in [0.1, 0.15) is 63.6 Å². The number of aryl methyl sites for hydroxylation is 1. The second-order valence-electron chi connectivity index (χ2n) is 10.0. The lowest BCUT2D eigenvalue weighted by atomic mass is 9.57. The van der Waals surface area contributed by atoms with Crippen LogP contribution in [0.4, 0.5) is 0 Å². The van der Waals surface area contributed by atoms with Crippen molar-refractivity contribution in [2.24, 2.45) is 33.9 Å². The van der Waals surface area contributed by atoms with E-state index in [-0.39, 0.29) is 11.0 Å². The molecule has 4 heteroatoms. The molecule has 2 N–H and O–H groups in total. The summed E-state index contributed by atoms with van der Waals surface area (Å²) >= 11 is 0. The van der Waals surface area contributed by atoms with Gasteiger partial charge in [0.15, 0.2) is 0 Å². The minimum atomic E-state index is -0.332. The topological polar surface area (TPSA) is 56.8 Å². The summed E-state index contributed by atoms with van der Waals surface area (Å²) in [5.41, 5.74) is 10.1. The molecule has 28 heavy (non-hydrogen) atoms. The van der Waals surface area contributed by atoms with Crippen LogP contribution in [-0.4, -0.2) is 25.8 Å². The van der Waals surface area contributed by atoms with Gasteiger partial charge in [0, 0.05) is 12.5 Å². The molecule has 1 saturated carbocycles. The van der Waals surface area contributed by atoms with Crippen molar-refractivity contribution in [2.75, 3.05) is 13.7 Å². The highest BCUT2D eigenvalue weighted by Crippen LogP contribution is 2.63. The Kier molecular flexibility index (Phi) is 4.97. The van der Waals surface area contributed by atoms with E-state index < -0.39 is 0 Å². The predicted octanol–water partition coefficient (Wildman–Crippen LogP) is 4.44. The highest BCUT2D eigenvalue weighted by molar-refractivity contribution is 5.75. The largest absolute Gasteiger partial charge is 0.462 e. The third-order valence-electron chi connectivity index (χ3n) is 7.59. The molecule has 1 heterocycles. The molecule has 1 aliphatic heterocycles. The van der Waals surface area contributed by atoms with Gasteiger partial charge in [0.2, 0.25) is 0 Å². The third kappa shape index (κ3) is 2.96. The van der Waals surface area contributed by atoms with E-state index in [0.717, 1.165) is 25.7 Å². The van der Waals surface area contributed by atoms with Crippen LogP contribution in [0.25, 0.3) is 0 Å². The first-order valence-electron chi connectivity index (χ1n) is 10.9. The Hall–Kier alpha value is -1.55. The van der Waals surface area contributed by atoms with Crippen molar-refractivity contribution in [3.05, 3.63) is 34.9 Å². The third-order valence-corrected chi connectivity index (χ3v) is 7.59. The average molecular weight is 385 g/mol. The fourth-order valence-electron chi connectivity index (χ4n) is 6.47. The zero-order valence-corrected chi connectivity index (χ0v) is 18.1. The van der Waals surface area contributed by atoms with Crippen molar-refractivity contribution >= 4 is 6.02 Å². The van der Waals surface area contributed by atoms with Gasteiger partial charge < -0.3 is 15.2 Å². The van der Waals surface area contributed by atoms with Crippen LogP contribution in [-0.2, 0) is 27.9 Å². The highest BCUT2D eigenvalue weighted by Gasteiger charge is 2.63. The minimum absolute atomic E-state index is 0.0704. The van der Waals surface area contributed by atoms with Gasteiger partial charge in [-0.3, -0.25) is 0 Å². The smallest absolute Gasteiger partial charge is 0.283 e. The van der Waals surface area contributed by atoms with Crippen molar-refractivity contribution in [3.63, 3.8) is 0 Å². The predicted molar refractivity (Wildman–Crippen MR) is 113 cm³/mol. The fraction of sp³-hybridized carbons (Fsp3) is 0.708. The minimum Gasteiger partial charge on any atom is -0.462 e. The number of fused-ring (bicyclic) bond motifs is 3. The van der Waals surface area contributed by atoms with Gasteiger partial charge in [-0.1, -0.05) is 45.9 Å². The highest BCUT2D eigenvalue weighted by atomic mass is 16.5. The number of aliphatic imine (C=N–C) groups is 1. The summed E-state index contributed by atoms with van der Waals surface area (Å²) in [4.78, 5) is 5.03. The Labute approximate surface area is 169 Å². The van der Waals surface area contributed by atoms with Gasteiger partial charge in [0.05, 0.1) is 6.10 Å². The fourth-order valence-corrected chi connectivity index (χ4v) is 6.47. The maximum Gasteiger partial charge on any atom is 0.283 e. The maximum atomic E-state index is 6.10. The molecule has 1 fully saturated rings. The normalized spacial score (nSPS) is 36.8. The number of nitrogens with two attached hydrogens (primary N) is 1. The van der Waals surface area contributed by atoms with E-state index in [2.05, 4.69) is 45.9 Å². The van der Waals surface area contributed by atoms with Gasteiger partial charge in [0.1, 0.15) is 12.1 Å². The molecule has 1 aromatic rings. The number of rotatable bonds is 4. The molecule has 1 unspecified atom stereocenters. The van der Waals surface area contributed by atoms with Crippen LogP contribution in [0.15, 0.2) is 23.2 Å². The number of amidine groups is 1. The Morgan fingerprint density at radius 1 is 1.25 bits per heavy atom. The van der Waals surface area contributed by atoms with Gasteiger partial charge in [-0.15, -0.1) is 0 Å². The SMILES string of the molecule is CO[C@H]1[C@H](C)C[C@@]2(Cc3ccc(CCC(C)C)cc3C23COC(N)=N3)C[C@@H]1C. The number of ether oxygens (including phenoxy) is 2. The first-order chi connectivity index (χ1) is 13.3. The number of nitrogens with zero attached hydrogens (tertiary/aromatic N) is 1. The molecule has 4 nitrogen and oxygen atoms in total. The summed E-state index contributed by atoms with van der Waals surface area (Å²) in [7, 11) is 1.85. The van der Waals surface area contributed by atoms with Crippen molar-refractivity contribution in [3.8, 4) is 0 Å². The summed E-state index contributed by atoms with van der Waals surface area (Å²) in [6.45, 7) is 9.82. The van der Waals surface area contributed by atoms with E-state index in [1.807, 2.05) is 7.11 Å². The molecule has 0 aromatic heterocycles. The lowest BCUT2D eigenvalue weighted by Crippen LogP contribution is -2.51. The van der Waals surface area contributed by atoms with E-state index in [1.165, 1.54) is 23.1 Å². The molecule has 2 aliphatic carbocycles. The van der Waals surface area contributed by atoms with E-state index in [4.69, 9.17) is 20.2 Å². The van der Waals surface area contributed by atoms with Gasteiger partial charge >= 0.3 is 0 Å². The van der Waals surface area contributed by atoms with Crippen LogP contribution in [0.5, 0.6) is 0 Å². The molecule has 0 saturated heterocycles. The van der Waals surface area contributed by atoms with Crippen LogP contribution >= 0.6 is 0 Å². The van der Waals surface area contributed by atoms with E-state index >= 15 is 0 Å². The zero-order chi connectivity index (χ0) is 20.1. The Bertz CT molecular complexity index is 760. The van der Waals surface area contributed by atoms with Crippen molar-refractivity contribution in [1.82, 2.24) is 0 Å². The Morgan fingerprint density at radius 3 is 2.54 bits per heavy atom. The van der Waals surface area contributed by atoms with Crippen LogP contribution in [0, 0.1) is 23.2 Å². The van der Waals surface area contributed by atoms with Gasteiger partial charge in [-0.2, -0.15) is 0 Å². The summed E-state index contributed by atoms with van der Waals surface area (Å²) in [5, 5.41) is 0. The zero-order valence-electron chi connectivity index (χ0n) is 18.1. The molecular formula is C24H36N2O2. The van der Waals surface area contributed by atoms with Gasteiger partial charge in [-0.05, 0) is 66.5 Å². The number of methoxy groups -OCH3 is 1. The molecule has 4 rings (SSSR count). The standard InChI is InChI=1S/C24H36N2O2/c1-15(2)6-7-18-8-9-19-13-23(11-16(3)21(27-5)17(4)12-23)24(20(19)10-18)14-28-22(25)26-24/h8-10,15-17,21H,6-7,11-14H2,1-5H3,(H2,25,26)/t16-,17+,21+,23+,24?. The quantitative estimate of drug-likeness (QED) is 0.835. The molecular weight excluding hydrogens is 348 g/mol. The van der Waals surface area contributed by atoms with Crippen LogP contribution in [0.3, 0.4) is 0 Å². The Morgan fingerprint density at radius 2 is 1.96 bits per heavy atom. The number of hydrogen-bond donors (Lipinski definition) is 1. The summed E-state index contributed by atoms with van der Waals surface area (Å²) in [6.07, 6.45) is 5.92. The van der Waals surface area contributed by atoms with Gasteiger partial charge in [-0.25, -0.2) is 4.99 Å². The molecule has 154 valence electrons. The molecule has 0 amide bonds. The van der Waals surface area contributed by atoms with E-state index in [9.17, 15) is 0 Å². The summed E-state index contributed by atoms with van der Waals surface area (Å²) in [6, 6.07) is 7.44. The van der Waals surface area contributed by atoms with Gasteiger partial charge in [0.25, 0.3) is 6.02 Å². The first kappa shape index (κ1) is 19.8. The molecule has 2 spiro atoms. The van der Waals surface area contributed by atoms with Crippen LogP contribution in [0.2, 0.25) is 0 Å². The lowest BCUT2D eigenvalue weighted by Gasteiger charge is -2.50. The number of hydrogen-bond acceptors (Lipinski definition) is 4. The molecule has 0 radical (unpaired) electrons. The summed E-state index contributed by atoms with van der Waals surface area (Å²) < 4.78 is 11.7.